The molecule has 1 aliphatic heterocycles. The van der Waals surface area contributed by atoms with Crippen LogP contribution in [-0.4, -0.2) is 61.9 Å². The summed E-state index contributed by atoms with van der Waals surface area (Å²) in [5.41, 5.74) is 0.714. The van der Waals surface area contributed by atoms with Crippen molar-refractivity contribution in [2.24, 2.45) is 4.99 Å². The van der Waals surface area contributed by atoms with Crippen molar-refractivity contribution in [3.05, 3.63) is 29.6 Å². The SMILES string of the molecule is CCNC(=NCc1ccc(O)c(F)c1)NCCN1CCOCC1.I. The molecule has 1 saturated heterocycles. The Balaban J connectivity index is 0.00000288. The molecule has 0 aliphatic carbocycles. The van der Waals surface area contributed by atoms with Crippen molar-refractivity contribution in [3.63, 3.8) is 0 Å². The van der Waals surface area contributed by atoms with Gasteiger partial charge in [-0.3, -0.25) is 4.90 Å². The molecule has 1 aliphatic rings. The standard InChI is InChI=1S/C16H25FN4O2.HI/c1-2-18-16(19-5-6-21-7-9-23-10-8-21)20-12-13-3-4-15(22)14(17)11-13;/h3-4,11,22H,2,5-10,12H2,1H3,(H2,18,19,20);1H. The van der Waals surface area contributed by atoms with Crippen molar-refractivity contribution in [2.75, 3.05) is 45.9 Å². The predicted molar refractivity (Wildman–Crippen MR) is 104 cm³/mol. The molecule has 6 nitrogen and oxygen atoms in total. The van der Waals surface area contributed by atoms with Crippen LogP contribution in [0.1, 0.15) is 12.5 Å². The Morgan fingerprint density at radius 3 is 2.75 bits per heavy atom. The van der Waals surface area contributed by atoms with E-state index in [1.807, 2.05) is 6.92 Å². The van der Waals surface area contributed by atoms with Crippen molar-refractivity contribution < 1.29 is 14.2 Å². The summed E-state index contributed by atoms with van der Waals surface area (Å²) < 4.78 is 18.6. The van der Waals surface area contributed by atoms with E-state index in [9.17, 15) is 9.50 Å². The molecule has 0 unspecified atom stereocenters. The van der Waals surface area contributed by atoms with E-state index in [4.69, 9.17) is 4.74 Å². The molecule has 0 atom stereocenters. The molecule has 1 fully saturated rings. The highest BCUT2D eigenvalue weighted by Crippen LogP contribution is 2.16. The average Bonchev–Trinajstić information content (AvgIpc) is 2.56. The van der Waals surface area contributed by atoms with Gasteiger partial charge in [-0.1, -0.05) is 6.07 Å². The molecule has 0 aromatic heterocycles. The number of halogens is 2. The normalized spacial score (nSPS) is 15.7. The first kappa shape index (κ1) is 20.9. The highest BCUT2D eigenvalue weighted by Gasteiger charge is 2.09. The molecule has 8 heteroatoms. The van der Waals surface area contributed by atoms with E-state index in [1.54, 1.807) is 6.07 Å². The van der Waals surface area contributed by atoms with Gasteiger partial charge in [-0.2, -0.15) is 0 Å². The molecule has 0 radical (unpaired) electrons. The molecule has 1 aromatic rings. The van der Waals surface area contributed by atoms with E-state index in [0.29, 0.717) is 18.1 Å². The quantitative estimate of drug-likeness (QED) is 0.347. The lowest BCUT2D eigenvalue weighted by atomic mass is 10.2. The molecule has 1 heterocycles. The Morgan fingerprint density at radius 1 is 1.33 bits per heavy atom. The van der Waals surface area contributed by atoms with Crippen LogP contribution in [0.15, 0.2) is 23.2 Å². The Morgan fingerprint density at radius 2 is 2.08 bits per heavy atom. The van der Waals surface area contributed by atoms with Crippen LogP contribution in [0, 0.1) is 5.82 Å². The minimum absolute atomic E-state index is 0. The topological polar surface area (TPSA) is 69.1 Å². The van der Waals surface area contributed by atoms with E-state index in [0.717, 1.165) is 45.9 Å². The number of aromatic hydroxyl groups is 1. The lowest BCUT2D eigenvalue weighted by molar-refractivity contribution is 0.0389. The zero-order valence-electron chi connectivity index (χ0n) is 13.9. The van der Waals surface area contributed by atoms with E-state index in [-0.39, 0.29) is 29.7 Å². The number of benzene rings is 1. The highest BCUT2D eigenvalue weighted by atomic mass is 127. The molecule has 0 amide bonds. The molecule has 0 saturated carbocycles. The number of phenolic OH excluding ortho intramolecular Hbond substituents is 1. The van der Waals surface area contributed by atoms with Gasteiger partial charge in [-0.25, -0.2) is 9.38 Å². The zero-order chi connectivity index (χ0) is 16.5. The van der Waals surface area contributed by atoms with Gasteiger partial charge in [0, 0.05) is 32.7 Å². The van der Waals surface area contributed by atoms with Crippen LogP contribution < -0.4 is 10.6 Å². The molecular weight excluding hydrogens is 426 g/mol. The molecule has 24 heavy (non-hydrogen) atoms. The maximum Gasteiger partial charge on any atom is 0.191 e. The Bertz CT molecular complexity index is 525. The van der Waals surface area contributed by atoms with Crippen LogP contribution in [-0.2, 0) is 11.3 Å². The second-order valence-electron chi connectivity index (χ2n) is 5.36. The van der Waals surface area contributed by atoms with Gasteiger partial charge in [-0.05, 0) is 24.6 Å². The fourth-order valence-electron chi connectivity index (χ4n) is 2.32. The third kappa shape index (κ3) is 7.18. The fraction of sp³-hybridized carbons (Fsp3) is 0.562. The number of nitrogens with zero attached hydrogens (tertiary/aromatic N) is 2. The monoisotopic (exact) mass is 452 g/mol. The smallest absolute Gasteiger partial charge is 0.191 e. The predicted octanol–water partition coefficient (Wildman–Crippen LogP) is 1.54. The van der Waals surface area contributed by atoms with Gasteiger partial charge in [0.1, 0.15) is 0 Å². The van der Waals surface area contributed by atoms with Crippen LogP contribution >= 0.6 is 24.0 Å². The first-order valence-electron chi connectivity index (χ1n) is 7.98. The maximum atomic E-state index is 13.3. The number of rotatable bonds is 6. The maximum absolute atomic E-state index is 13.3. The van der Waals surface area contributed by atoms with E-state index >= 15 is 0 Å². The Labute approximate surface area is 159 Å². The lowest BCUT2D eigenvalue weighted by Gasteiger charge is -2.26. The summed E-state index contributed by atoms with van der Waals surface area (Å²) >= 11 is 0. The first-order chi connectivity index (χ1) is 11.2. The van der Waals surface area contributed by atoms with Crippen molar-refractivity contribution in [2.45, 2.75) is 13.5 Å². The lowest BCUT2D eigenvalue weighted by Crippen LogP contribution is -2.44. The van der Waals surface area contributed by atoms with Crippen molar-refractivity contribution >= 4 is 29.9 Å². The van der Waals surface area contributed by atoms with Crippen molar-refractivity contribution in [1.82, 2.24) is 15.5 Å². The third-order valence-electron chi connectivity index (χ3n) is 3.60. The number of guanidine groups is 1. The van der Waals surface area contributed by atoms with E-state index in [2.05, 4.69) is 20.5 Å². The number of hydrogen-bond acceptors (Lipinski definition) is 4. The van der Waals surface area contributed by atoms with Gasteiger partial charge >= 0.3 is 0 Å². The molecule has 1 aromatic carbocycles. The number of ether oxygens (including phenoxy) is 1. The fourth-order valence-corrected chi connectivity index (χ4v) is 2.32. The number of aliphatic imine (C=N–C) groups is 1. The number of morpholine rings is 1. The number of nitrogens with one attached hydrogen (secondary N) is 2. The molecular formula is C16H26FIN4O2. The average molecular weight is 452 g/mol. The third-order valence-corrected chi connectivity index (χ3v) is 3.60. The van der Waals surface area contributed by atoms with Crippen LogP contribution in [0.25, 0.3) is 0 Å². The Kier molecular flexibility index (Phi) is 9.96. The molecule has 0 bridgehead atoms. The van der Waals surface area contributed by atoms with Crippen molar-refractivity contribution in [1.29, 1.82) is 0 Å². The number of hydrogen-bond donors (Lipinski definition) is 3. The zero-order valence-corrected chi connectivity index (χ0v) is 16.3. The van der Waals surface area contributed by atoms with Gasteiger partial charge in [0.05, 0.1) is 19.8 Å². The van der Waals surface area contributed by atoms with Crippen LogP contribution in [0.2, 0.25) is 0 Å². The van der Waals surface area contributed by atoms with Crippen LogP contribution in [0.3, 0.4) is 0 Å². The molecule has 3 N–H and O–H groups in total. The highest BCUT2D eigenvalue weighted by molar-refractivity contribution is 14.0. The minimum atomic E-state index is -0.622. The molecule has 2 rings (SSSR count). The van der Waals surface area contributed by atoms with Gasteiger partial charge in [0.15, 0.2) is 17.5 Å². The first-order valence-corrected chi connectivity index (χ1v) is 7.98. The van der Waals surface area contributed by atoms with Gasteiger partial charge in [-0.15, -0.1) is 24.0 Å². The summed E-state index contributed by atoms with van der Waals surface area (Å²) in [4.78, 5) is 6.78. The summed E-state index contributed by atoms with van der Waals surface area (Å²) in [6.45, 7) is 8.33. The summed E-state index contributed by atoms with van der Waals surface area (Å²) in [6.07, 6.45) is 0. The van der Waals surface area contributed by atoms with Crippen LogP contribution in [0.4, 0.5) is 4.39 Å². The second-order valence-corrected chi connectivity index (χ2v) is 5.36. The largest absolute Gasteiger partial charge is 0.505 e. The summed E-state index contributed by atoms with van der Waals surface area (Å²) in [5.74, 6) is -0.259. The van der Waals surface area contributed by atoms with Gasteiger partial charge in [0.2, 0.25) is 0 Å². The van der Waals surface area contributed by atoms with Gasteiger partial charge in [0.25, 0.3) is 0 Å². The van der Waals surface area contributed by atoms with E-state index in [1.165, 1.54) is 12.1 Å². The summed E-state index contributed by atoms with van der Waals surface area (Å²) in [6, 6.07) is 4.31. The second kappa shape index (κ2) is 11.4. The minimum Gasteiger partial charge on any atom is -0.505 e. The number of phenols is 1. The summed E-state index contributed by atoms with van der Waals surface area (Å²) in [5, 5.41) is 15.6. The Hall–Kier alpha value is -1.13. The summed E-state index contributed by atoms with van der Waals surface area (Å²) in [7, 11) is 0. The molecule has 0 spiro atoms. The van der Waals surface area contributed by atoms with Crippen molar-refractivity contribution in [3.8, 4) is 5.75 Å². The van der Waals surface area contributed by atoms with E-state index < -0.39 is 5.82 Å². The molecule has 136 valence electrons. The van der Waals surface area contributed by atoms with Gasteiger partial charge < -0.3 is 20.5 Å². The van der Waals surface area contributed by atoms with Crippen LogP contribution in [0.5, 0.6) is 5.75 Å².